The number of aromatic nitrogens is 4. The Bertz CT molecular complexity index is 1750. The smallest absolute Gasteiger partial charge is 0.621 e. The van der Waals surface area contributed by atoms with Gasteiger partial charge in [0.15, 0.2) is 11.5 Å². The number of hydrogen-bond donors (Lipinski definition) is 0. The second-order valence-electron chi connectivity index (χ2n) is 9.71. The standard InChI is InChI=1S/C29H24F2N6O2.K/c30-29(31)22-15-19(6-10-24(22)35-28(29)38)25-16-32-26(36-11-13-39-14-12-36)27-34-21(17-37(25)27)9-8-20-7-5-18-3-1-2-4-23(18)33-20;/h1-7,10,15-17H,8-9,11-14H2,(H,34,35,38);/q;+1/p-1. The fourth-order valence-electron chi connectivity index (χ4n) is 5.19. The molecule has 0 unspecified atom stereocenters. The summed E-state index contributed by atoms with van der Waals surface area (Å²) in [6.07, 6.45) is 4.93. The SMILES string of the molecule is O=C1[N-]c2ccc(-c3cnc(N4CCOCC4)c4nc(CCc5ccc6ccccc6n5)cn34)cc2C1(F)F.[K+]. The van der Waals surface area contributed by atoms with Crippen molar-refractivity contribution < 1.29 is 69.7 Å². The Labute approximate surface area is 271 Å². The monoisotopic (exact) mass is 564 g/mol. The van der Waals surface area contributed by atoms with Crippen LogP contribution in [0, 0.1) is 0 Å². The first-order chi connectivity index (χ1) is 19.0. The second kappa shape index (κ2) is 10.9. The Morgan fingerprint density at radius 2 is 1.77 bits per heavy atom. The van der Waals surface area contributed by atoms with Crippen LogP contribution in [-0.4, -0.2) is 51.6 Å². The average molecular weight is 565 g/mol. The quantitative estimate of drug-likeness (QED) is 0.305. The third kappa shape index (κ3) is 4.84. The van der Waals surface area contributed by atoms with Gasteiger partial charge in [-0.15, -0.1) is 5.69 Å². The molecule has 1 saturated heterocycles. The molecule has 196 valence electrons. The fraction of sp³-hybridized carbons (Fsp3) is 0.241. The normalized spacial score (nSPS) is 16.1. The van der Waals surface area contributed by atoms with E-state index in [1.165, 1.54) is 12.1 Å². The fourth-order valence-corrected chi connectivity index (χ4v) is 5.19. The molecule has 5 aromatic rings. The van der Waals surface area contributed by atoms with Gasteiger partial charge in [-0.1, -0.05) is 36.4 Å². The Kier molecular flexibility index (Phi) is 7.44. The van der Waals surface area contributed by atoms with Crippen LogP contribution in [0.5, 0.6) is 0 Å². The maximum Gasteiger partial charge on any atom is 1.00 e. The van der Waals surface area contributed by atoms with Gasteiger partial charge in [0.05, 0.1) is 36.3 Å². The molecule has 8 nitrogen and oxygen atoms in total. The van der Waals surface area contributed by atoms with E-state index in [9.17, 15) is 13.6 Å². The zero-order valence-corrected chi connectivity index (χ0v) is 25.0. The van der Waals surface area contributed by atoms with Gasteiger partial charge >= 0.3 is 57.3 Å². The number of aryl methyl sites for hydroxylation is 2. The molecule has 0 saturated carbocycles. The van der Waals surface area contributed by atoms with Crippen molar-refractivity contribution in [2.45, 2.75) is 18.8 Å². The summed E-state index contributed by atoms with van der Waals surface area (Å²) >= 11 is 0. The predicted molar refractivity (Wildman–Crippen MR) is 143 cm³/mol. The molecule has 5 heterocycles. The molecule has 2 aliphatic rings. The van der Waals surface area contributed by atoms with Gasteiger partial charge in [0, 0.05) is 41.5 Å². The largest absolute Gasteiger partial charge is 1.00 e. The van der Waals surface area contributed by atoms with Gasteiger partial charge in [0.1, 0.15) is 5.91 Å². The number of pyridine rings is 1. The minimum atomic E-state index is -3.64. The molecule has 11 heteroatoms. The van der Waals surface area contributed by atoms with Crippen molar-refractivity contribution in [3.8, 4) is 11.3 Å². The van der Waals surface area contributed by atoms with E-state index in [2.05, 4.69) is 16.3 Å². The maximum absolute atomic E-state index is 14.5. The molecule has 2 aromatic carbocycles. The minimum Gasteiger partial charge on any atom is -0.621 e. The Hall–Kier alpha value is -2.80. The number of amides is 1. The van der Waals surface area contributed by atoms with E-state index < -0.39 is 17.4 Å². The predicted octanol–water partition coefficient (Wildman–Crippen LogP) is 2.21. The number of halogens is 2. The van der Waals surface area contributed by atoms with E-state index in [1.807, 2.05) is 40.9 Å². The molecule has 1 fully saturated rings. The van der Waals surface area contributed by atoms with E-state index in [-0.39, 0.29) is 57.1 Å². The van der Waals surface area contributed by atoms with Crippen molar-refractivity contribution in [3.63, 3.8) is 0 Å². The van der Waals surface area contributed by atoms with Gasteiger partial charge < -0.3 is 19.7 Å². The number of rotatable bonds is 5. The number of hydrogen-bond acceptors (Lipinski definition) is 6. The molecule has 2 aliphatic heterocycles. The summed E-state index contributed by atoms with van der Waals surface area (Å²) in [5.41, 5.74) is 4.10. The summed E-state index contributed by atoms with van der Waals surface area (Å²) in [7, 11) is 0. The number of para-hydroxylation sites is 1. The Balaban J connectivity index is 0.00000289. The summed E-state index contributed by atoms with van der Waals surface area (Å²) < 4.78 is 36.4. The van der Waals surface area contributed by atoms with Gasteiger partial charge in [-0.3, -0.25) is 9.38 Å². The number of anilines is 1. The van der Waals surface area contributed by atoms with E-state index in [1.54, 1.807) is 12.3 Å². The van der Waals surface area contributed by atoms with Crippen molar-refractivity contribution in [2.24, 2.45) is 0 Å². The molecule has 0 aliphatic carbocycles. The zero-order valence-electron chi connectivity index (χ0n) is 21.8. The number of fused-ring (bicyclic) bond motifs is 3. The number of carbonyl (C=O) groups is 1. The van der Waals surface area contributed by atoms with Crippen LogP contribution in [0.1, 0.15) is 17.0 Å². The molecule has 7 rings (SSSR count). The first kappa shape index (κ1) is 27.4. The Morgan fingerprint density at radius 3 is 2.62 bits per heavy atom. The van der Waals surface area contributed by atoms with Gasteiger partial charge in [-0.2, -0.15) is 8.78 Å². The van der Waals surface area contributed by atoms with Crippen molar-refractivity contribution in [2.75, 3.05) is 31.2 Å². The summed E-state index contributed by atoms with van der Waals surface area (Å²) in [5.74, 6) is -4.36. The van der Waals surface area contributed by atoms with E-state index >= 15 is 0 Å². The topological polar surface area (TPSA) is 86.7 Å². The number of benzene rings is 2. The molecule has 3 aromatic heterocycles. The summed E-state index contributed by atoms with van der Waals surface area (Å²) in [6.45, 7) is 2.54. The van der Waals surface area contributed by atoms with Crippen LogP contribution in [0.4, 0.5) is 20.3 Å². The summed E-state index contributed by atoms with van der Waals surface area (Å²) in [6, 6.07) is 16.6. The maximum atomic E-state index is 14.5. The van der Waals surface area contributed by atoms with Crippen molar-refractivity contribution >= 4 is 34.0 Å². The Morgan fingerprint density at radius 1 is 0.975 bits per heavy atom. The molecular formula is C29H23F2KN6O2. The first-order valence-corrected chi connectivity index (χ1v) is 12.8. The van der Waals surface area contributed by atoms with Gasteiger partial charge in [-0.05, 0) is 31.0 Å². The summed E-state index contributed by atoms with van der Waals surface area (Å²) in [4.78, 5) is 28.3. The van der Waals surface area contributed by atoms with Crippen LogP contribution in [-0.2, 0) is 28.3 Å². The van der Waals surface area contributed by atoms with Crippen molar-refractivity contribution in [1.82, 2.24) is 19.4 Å². The summed E-state index contributed by atoms with van der Waals surface area (Å²) in [5, 5.41) is 4.60. The molecule has 40 heavy (non-hydrogen) atoms. The number of morpholine rings is 1. The minimum absolute atomic E-state index is 0. The van der Waals surface area contributed by atoms with Crippen LogP contribution in [0.15, 0.2) is 67.0 Å². The van der Waals surface area contributed by atoms with Gasteiger partial charge in [0.25, 0.3) is 0 Å². The van der Waals surface area contributed by atoms with Crippen LogP contribution in [0.25, 0.3) is 33.1 Å². The third-order valence-electron chi connectivity index (χ3n) is 7.25. The zero-order chi connectivity index (χ0) is 26.6. The van der Waals surface area contributed by atoms with Crippen molar-refractivity contribution in [3.05, 3.63) is 89.3 Å². The van der Waals surface area contributed by atoms with E-state index in [4.69, 9.17) is 19.7 Å². The molecule has 0 atom stereocenters. The molecule has 0 bridgehead atoms. The van der Waals surface area contributed by atoms with Crippen LogP contribution in [0.2, 0.25) is 0 Å². The van der Waals surface area contributed by atoms with Crippen molar-refractivity contribution in [1.29, 1.82) is 0 Å². The second-order valence-corrected chi connectivity index (χ2v) is 9.71. The molecule has 1 amide bonds. The van der Waals surface area contributed by atoms with Gasteiger partial charge in [-0.25, -0.2) is 9.97 Å². The molecule has 0 N–H and O–H groups in total. The number of imidazole rings is 1. The van der Waals surface area contributed by atoms with Crippen LogP contribution >= 0.6 is 0 Å². The average Bonchev–Trinajstić information content (AvgIpc) is 3.49. The third-order valence-corrected chi connectivity index (χ3v) is 7.25. The number of alkyl halides is 2. The van der Waals surface area contributed by atoms with Crippen LogP contribution < -0.4 is 56.3 Å². The first-order valence-electron chi connectivity index (χ1n) is 12.8. The van der Waals surface area contributed by atoms with Gasteiger partial charge in [0.2, 0.25) is 0 Å². The van der Waals surface area contributed by atoms with E-state index in [0.717, 1.165) is 22.3 Å². The van der Waals surface area contributed by atoms with E-state index in [0.29, 0.717) is 61.9 Å². The molecule has 0 spiro atoms. The number of ether oxygens (including phenoxy) is 1. The number of carbonyl (C=O) groups excluding carboxylic acids is 1. The molecular weight excluding hydrogens is 541 g/mol. The van der Waals surface area contributed by atoms with Crippen LogP contribution in [0.3, 0.4) is 0 Å². The number of nitrogens with zero attached hydrogens (tertiary/aromatic N) is 6. The molecule has 0 radical (unpaired) electrons.